The SMILES string of the molecule is CC1(C)CCC(C)(C)c2cc3c(cc21)oc1cc(N(c2ccc(-c4cccc(-c5ccccc5)c4)cc2)c2cccc4c5ccccc5n(-c5ccccc5)c24)ccc13. The van der Waals surface area contributed by atoms with Crippen LogP contribution in [0.4, 0.5) is 17.1 Å². The quantitative estimate of drug-likeness (QED) is 0.168. The van der Waals surface area contributed by atoms with Gasteiger partial charge in [0.2, 0.25) is 0 Å². The Morgan fingerprint density at radius 2 is 1.02 bits per heavy atom. The Bertz CT molecular complexity index is 3200. The van der Waals surface area contributed by atoms with E-state index >= 15 is 0 Å². The maximum Gasteiger partial charge on any atom is 0.137 e. The maximum atomic E-state index is 6.86. The van der Waals surface area contributed by atoms with Crippen molar-refractivity contribution in [2.45, 2.75) is 51.4 Å². The summed E-state index contributed by atoms with van der Waals surface area (Å²) in [5.41, 5.74) is 16.4. The van der Waals surface area contributed by atoms with Gasteiger partial charge >= 0.3 is 0 Å². The number of benzene rings is 8. The summed E-state index contributed by atoms with van der Waals surface area (Å²) in [6.07, 6.45) is 2.34. The summed E-state index contributed by atoms with van der Waals surface area (Å²) in [6, 6.07) is 66.3. The van der Waals surface area contributed by atoms with E-state index in [0.717, 1.165) is 44.8 Å². The van der Waals surface area contributed by atoms with Crippen molar-refractivity contribution < 1.29 is 4.42 Å². The van der Waals surface area contributed by atoms with Crippen LogP contribution in [0.25, 0.3) is 71.7 Å². The van der Waals surface area contributed by atoms with E-state index in [0.29, 0.717) is 0 Å². The molecule has 3 heteroatoms. The molecule has 0 unspecified atom stereocenters. The molecule has 0 amide bonds. The fraction of sp³-hybridized carbons (Fsp3) is 0.143. The average molecular weight is 763 g/mol. The van der Waals surface area contributed by atoms with E-state index in [2.05, 4.69) is 219 Å². The fourth-order valence-electron chi connectivity index (χ4n) is 9.73. The highest BCUT2D eigenvalue weighted by Crippen LogP contribution is 2.49. The molecule has 0 fully saturated rings. The molecule has 59 heavy (non-hydrogen) atoms. The summed E-state index contributed by atoms with van der Waals surface area (Å²) in [5.74, 6) is 0. The van der Waals surface area contributed by atoms with E-state index in [1.54, 1.807) is 0 Å². The van der Waals surface area contributed by atoms with Crippen molar-refractivity contribution >= 4 is 60.8 Å². The van der Waals surface area contributed by atoms with Crippen LogP contribution in [0.5, 0.6) is 0 Å². The van der Waals surface area contributed by atoms with Gasteiger partial charge in [0.05, 0.1) is 16.7 Å². The van der Waals surface area contributed by atoms with Crippen molar-refractivity contribution in [1.82, 2.24) is 4.57 Å². The topological polar surface area (TPSA) is 21.3 Å². The molecule has 0 aliphatic heterocycles. The molecule has 1 aliphatic rings. The van der Waals surface area contributed by atoms with Gasteiger partial charge in [-0.2, -0.15) is 0 Å². The highest BCUT2D eigenvalue weighted by molar-refractivity contribution is 6.15. The molecule has 1 aliphatic carbocycles. The van der Waals surface area contributed by atoms with Crippen LogP contribution < -0.4 is 4.90 Å². The summed E-state index contributed by atoms with van der Waals surface area (Å²) < 4.78 is 9.28. The van der Waals surface area contributed by atoms with E-state index in [9.17, 15) is 0 Å². The highest BCUT2D eigenvalue weighted by atomic mass is 16.3. The first-order valence-electron chi connectivity index (χ1n) is 20.9. The molecule has 0 saturated heterocycles. The molecule has 0 radical (unpaired) electrons. The molecular weight excluding hydrogens is 717 g/mol. The molecule has 0 saturated carbocycles. The smallest absolute Gasteiger partial charge is 0.137 e. The lowest BCUT2D eigenvalue weighted by molar-refractivity contribution is 0.332. The molecule has 0 bridgehead atoms. The van der Waals surface area contributed by atoms with Gasteiger partial charge in [-0.15, -0.1) is 0 Å². The first-order valence-corrected chi connectivity index (χ1v) is 20.9. The van der Waals surface area contributed by atoms with Crippen molar-refractivity contribution in [2.75, 3.05) is 4.90 Å². The molecule has 0 N–H and O–H groups in total. The molecule has 11 rings (SSSR count). The number of fused-ring (bicyclic) bond motifs is 7. The van der Waals surface area contributed by atoms with Crippen molar-refractivity contribution in [3.63, 3.8) is 0 Å². The van der Waals surface area contributed by atoms with Crippen LogP contribution in [-0.4, -0.2) is 4.57 Å². The minimum absolute atomic E-state index is 0.102. The Hall–Kier alpha value is -6.84. The molecule has 2 aromatic heterocycles. The van der Waals surface area contributed by atoms with Crippen molar-refractivity contribution in [3.8, 4) is 27.9 Å². The second-order valence-electron chi connectivity index (χ2n) is 17.6. The second kappa shape index (κ2) is 13.4. The van der Waals surface area contributed by atoms with E-state index in [1.165, 1.54) is 67.9 Å². The molecule has 286 valence electrons. The predicted octanol–water partition coefficient (Wildman–Crippen LogP) is 15.8. The average Bonchev–Trinajstić information content (AvgIpc) is 3.81. The van der Waals surface area contributed by atoms with Gasteiger partial charge in [-0.1, -0.05) is 137 Å². The van der Waals surface area contributed by atoms with Crippen LogP contribution in [0.1, 0.15) is 51.7 Å². The summed E-state index contributed by atoms with van der Waals surface area (Å²) >= 11 is 0. The molecule has 8 aromatic carbocycles. The lowest BCUT2D eigenvalue weighted by Crippen LogP contribution is -2.33. The summed E-state index contributed by atoms with van der Waals surface area (Å²) in [6.45, 7) is 9.55. The second-order valence-corrected chi connectivity index (χ2v) is 17.6. The molecule has 0 atom stereocenters. The van der Waals surface area contributed by atoms with Crippen molar-refractivity contribution in [2.24, 2.45) is 0 Å². The number of aromatic nitrogens is 1. The van der Waals surface area contributed by atoms with Crippen LogP contribution in [0.3, 0.4) is 0 Å². The number of anilines is 3. The van der Waals surface area contributed by atoms with Gasteiger partial charge in [-0.25, -0.2) is 0 Å². The fourth-order valence-corrected chi connectivity index (χ4v) is 9.73. The molecule has 10 aromatic rings. The van der Waals surface area contributed by atoms with Crippen LogP contribution in [-0.2, 0) is 10.8 Å². The monoisotopic (exact) mass is 762 g/mol. The van der Waals surface area contributed by atoms with Gasteiger partial charge in [0.15, 0.2) is 0 Å². The molecular formula is C56H46N2O. The molecule has 0 spiro atoms. The summed E-state index contributed by atoms with van der Waals surface area (Å²) in [5, 5.41) is 4.78. The van der Waals surface area contributed by atoms with Crippen molar-refractivity contribution in [3.05, 3.63) is 193 Å². The van der Waals surface area contributed by atoms with Crippen LogP contribution >= 0.6 is 0 Å². The largest absolute Gasteiger partial charge is 0.456 e. The highest BCUT2D eigenvalue weighted by Gasteiger charge is 2.38. The molecule has 3 nitrogen and oxygen atoms in total. The number of nitrogens with zero attached hydrogens (tertiary/aromatic N) is 2. The first kappa shape index (κ1) is 35.3. The van der Waals surface area contributed by atoms with Crippen LogP contribution in [0.15, 0.2) is 186 Å². The Balaban J connectivity index is 1.12. The van der Waals surface area contributed by atoms with E-state index in [4.69, 9.17) is 4.42 Å². The van der Waals surface area contributed by atoms with E-state index < -0.39 is 0 Å². The van der Waals surface area contributed by atoms with Gasteiger partial charge in [0, 0.05) is 44.7 Å². The first-order chi connectivity index (χ1) is 28.7. The Labute approximate surface area is 345 Å². The third-order valence-corrected chi connectivity index (χ3v) is 13.0. The maximum absolute atomic E-state index is 6.86. The predicted molar refractivity (Wildman–Crippen MR) is 249 cm³/mol. The zero-order valence-electron chi connectivity index (χ0n) is 34.0. The Morgan fingerprint density at radius 1 is 0.441 bits per heavy atom. The standard InChI is InChI=1S/C56H46N2O/c1-55(2)31-32-56(3,4)49-36-53-47(35-48(49)55)45-30-29-43(34-52(45)59-53)57(42-27-25-38(26-28-42)40-18-13-17-39(33-40)37-15-7-5-8-16-37)51-24-14-22-46-44-21-11-12-23-50(44)58(54(46)51)41-19-9-6-10-20-41/h5-30,33-36H,31-32H2,1-4H3. The van der Waals surface area contributed by atoms with Crippen LogP contribution in [0, 0.1) is 0 Å². The van der Waals surface area contributed by atoms with Crippen LogP contribution in [0.2, 0.25) is 0 Å². The lowest BCUT2D eigenvalue weighted by Gasteiger charge is -2.41. The van der Waals surface area contributed by atoms with Gasteiger partial charge in [-0.05, 0) is 124 Å². The summed E-state index contributed by atoms with van der Waals surface area (Å²) in [4.78, 5) is 2.41. The third kappa shape index (κ3) is 5.79. The van der Waals surface area contributed by atoms with E-state index in [1.807, 2.05) is 0 Å². The van der Waals surface area contributed by atoms with Crippen molar-refractivity contribution in [1.29, 1.82) is 0 Å². The van der Waals surface area contributed by atoms with Gasteiger partial charge in [0.25, 0.3) is 0 Å². The Morgan fingerprint density at radius 3 is 1.76 bits per heavy atom. The number of hydrogen-bond acceptors (Lipinski definition) is 2. The Kier molecular flexibility index (Phi) is 8.00. The number of para-hydroxylation sites is 3. The van der Waals surface area contributed by atoms with Gasteiger partial charge in [0.1, 0.15) is 11.2 Å². The zero-order valence-corrected chi connectivity index (χ0v) is 34.0. The minimum atomic E-state index is 0.102. The normalized spacial score (nSPS) is 14.6. The minimum Gasteiger partial charge on any atom is -0.456 e. The van der Waals surface area contributed by atoms with Gasteiger partial charge in [-0.3, -0.25) is 0 Å². The number of furan rings is 1. The number of hydrogen-bond donors (Lipinski definition) is 0. The molecule has 2 heterocycles. The lowest BCUT2D eigenvalue weighted by atomic mass is 9.63. The zero-order chi connectivity index (χ0) is 39.9. The third-order valence-electron chi connectivity index (χ3n) is 13.0. The number of rotatable bonds is 6. The van der Waals surface area contributed by atoms with E-state index in [-0.39, 0.29) is 10.8 Å². The van der Waals surface area contributed by atoms with Gasteiger partial charge < -0.3 is 13.9 Å². The summed E-state index contributed by atoms with van der Waals surface area (Å²) in [7, 11) is 0.